The van der Waals surface area contributed by atoms with E-state index in [0.717, 1.165) is 22.7 Å². The molecule has 0 radical (unpaired) electrons. The molecule has 4 aromatic rings. The number of carbonyl (C=O) groups excluding carboxylic acids is 2. The number of aromatic nitrogens is 1. The van der Waals surface area contributed by atoms with Crippen molar-refractivity contribution in [2.45, 2.75) is 13.3 Å². The van der Waals surface area contributed by atoms with Crippen LogP contribution in [0.3, 0.4) is 0 Å². The van der Waals surface area contributed by atoms with E-state index >= 15 is 0 Å². The molecule has 5 nitrogen and oxygen atoms in total. The summed E-state index contributed by atoms with van der Waals surface area (Å²) >= 11 is 1.63. The summed E-state index contributed by atoms with van der Waals surface area (Å²) in [5, 5.41) is 4.82. The van der Waals surface area contributed by atoms with Crippen molar-refractivity contribution < 1.29 is 14.0 Å². The molecule has 1 aliphatic rings. The summed E-state index contributed by atoms with van der Waals surface area (Å²) in [6.45, 7) is 2.31. The molecule has 0 saturated heterocycles. The number of nitrogens with zero attached hydrogens (tertiary/aromatic N) is 2. The number of anilines is 2. The molecular formula is C26H20FN3O2S. The molecule has 1 aliphatic heterocycles. The highest BCUT2D eigenvalue weighted by molar-refractivity contribution is 7.13. The van der Waals surface area contributed by atoms with Crippen LogP contribution in [0.1, 0.15) is 31.8 Å². The molecule has 3 heterocycles. The quantitative estimate of drug-likeness (QED) is 0.428. The molecule has 33 heavy (non-hydrogen) atoms. The topological polar surface area (TPSA) is 62.3 Å². The van der Waals surface area contributed by atoms with Crippen molar-refractivity contribution in [2.75, 3.05) is 16.8 Å². The van der Waals surface area contributed by atoms with Crippen LogP contribution >= 0.6 is 11.3 Å². The second kappa shape index (κ2) is 8.60. The van der Waals surface area contributed by atoms with Crippen molar-refractivity contribution >= 4 is 34.5 Å². The smallest absolute Gasteiger partial charge is 0.258 e. The van der Waals surface area contributed by atoms with Crippen LogP contribution in [0.2, 0.25) is 0 Å². The number of thiophene rings is 1. The summed E-state index contributed by atoms with van der Waals surface area (Å²) in [5.41, 5.74) is 4.81. The molecule has 0 bridgehead atoms. The van der Waals surface area contributed by atoms with Gasteiger partial charge in [0.1, 0.15) is 11.5 Å². The number of hydrogen-bond acceptors (Lipinski definition) is 4. The Kier molecular flexibility index (Phi) is 5.48. The van der Waals surface area contributed by atoms with E-state index in [1.807, 2.05) is 12.1 Å². The molecule has 5 rings (SSSR count). The lowest BCUT2D eigenvalue weighted by molar-refractivity contribution is 0.0986. The number of fused-ring (bicyclic) bond motifs is 3. The van der Waals surface area contributed by atoms with Gasteiger partial charge in [0.25, 0.3) is 11.8 Å². The third kappa shape index (κ3) is 4.03. The lowest BCUT2D eigenvalue weighted by atomic mass is 10.1. The van der Waals surface area contributed by atoms with E-state index in [9.17, 15) is 14.0 Å². The van der Waals surface area contributed by atoms with Crippen LogP contribution in [0, 0.1) is 12.7 Å². The highest BCUT2D eigenvalue weighted by Gasteiger charge is 2.26. The van der Waals surface area contributed by atoms with E-state index < -0.39 is 11.7 Å². The Morgan fingerprint density at radius 1 is 1.09 bits per heavy atom. The van der Waals surface area contributed by atoms with Gasteiger partial charge in [-0.1, -0.05) is 6.07 Å². The maximum atomic E-state index is 13.5. The van der Waals surface area contributed by atoms with Gasteiger partial charge >= 0.3 is 0 Å². The summed E-state index contributed by atoms with van der Waals surface area (Å²) in [7, 11) is 0. The molecule has 2 amide bonds. The summed E-state index contributed by atoms with van der Waals surface area (Å²) in [6, 6.07) is 16.7. The van der Waals surface area contributed by atoms with Crippen molar-refractivity contribution in [2.24, 2.45) is 0 Å². The van der Waals surface area contributed by atoms with Crippen molar-refractivity contribution in [3.8, 4) is 10.6 Å². The normalized spacial score (nSPS) is 12.5. The van der Waals surface area contributed by atoms with Crippen LogP contribution in [0.15, 0.2) is 72.2 Å². The molecule has 2 aromatic carbocycles. The number of rotatable bonds is 3. The maximum absolute atomic E-state index is 13.5. The van der Waals surface area contributed by atoms with Crippen LogP contribution in [0.25, 0.3) is 10.6 Å². The van der Waals surface area contributed by atoms with Crippen LogP contribution in [0.5, 0.6) is 0 Å². The Bertz CT molecular complexity index is 1360. The highest BCUT2D eigenvalue weighted by Crippen LogP contribution is 2.38. The van der Waals surface area contributed by atoms with Crippen molar-refractivity contribution in [1.82, 2.24) is 4.98 Å². The number of halogens is 1. The number of amides is 2. The van der Waals surface area contributed by atoms with Gasteiger partial charge in [-0.2, -0.15) is 0 Å². The molecular weight excluding hydrogens is 437 g/mol. The first-order valence-corrected chi connectivity index (χ1v) is 11.4. The monoisotopic (exact) mass is 457 g/mol. The van der Waals surface area contributed by atoms with Gasteiger partial charge in [-0.05, 0) is 84.4 Å². The molecule has 7 heteroatoms. The third-order valence-corrected chi connectivity index (χ3v) is 6.69. The Hall–Kier alpha value is -3.84. The minimum Gasteiger partial charge on any atom is -0.322 e. The zero-order chi connectivity index (χ0) is 22.9. The van der Waals surface area contributed by atoms with Gasteiger partial charge in [-0.25, -0.2) is 4.39 Å². The zero-order valence-electron chi connectivity index (χ0n) is 17.8. The average molecular weight is 458 g/mol. The highest BCUT2D eigenvalue weighted by atomic mass is 32.1. The average Bonchev–Trinajstić information content (AvgIpc) is 3.24. The standard InChI is InChI=1S/C26H20FN3O2S/c1-16-4-7-19(27)15-21(16)25(31)29-20-8-5-18(6-9-20)26(32)30-13-10-17-11-14-33-24(17)23-22(30)3-2-12-28-23/h2-9,11-12,14-15H,10,13H2,1H3,(H,29,31). The molecule has 0 unspecified atom stereocenters. The van der Waals surface area contributed by atoms with Crippen LogP contribution in [0.4, 0.5) is 15.8 Å². The fourth-order valence-corrected chi connectivity index (χ4v) is 4.94. The number of carbonyl (C=O) groups is 2. The lowest BCUT2D eigenvalue weighted by Gasteiger charge is -2.22. The van der Waals surface area contributed by atoms with Gasteiger partial charge < -0.3 is 10.2 Å². The first kappa shape index (κ1) is 21.0. The summed E-state index contributed by atoms with van der Waals surface area (Å²) < 4.78 is 13.5. The number of benzene rings is 2. The van der Waals surface area contributed by atoms with E-state index in [1.165, 1.54) is 17.7 Å². The number of hydrogen-bond donors (Lipinski definition) is 1. The fraction of sp³-hybridized carbons (Fsp3) is 0.115. The van der Waals surface area contributed by atoms with Gasteiger partial charge in [-0.15, -0.1) is 11.3 Å². The zero-order valence-corrected chi connectivity index (χ0v) is 18.7. The van der Waals surface area contributed by atoms with E-state index in [-0.39, 0.29) is 11.5 Å². The van der Waals surface area contributed by atoms with Crippen LogP contribution in [-0.2, 0) is 6.42 Å². The van der Waals surface area contributed by atoms with Crippen molar-refractivity contribution in [3.63, 3.8) is 0 Å². The Labute approximate surface area is 194 Å². The molecule has 0 atom stereocenters. The number of pyridine rings is 1. The SMILES string of the molecule is Cc1ccc(F)cc1C(=O)Nc1ccc(C(=O)N2CCc3ccsc3-c3ncccc32)cc1. The van der Waals surface area contributed by atoms with Crippen LogP contribution < -0.4 is 10.2 Å². The van der Waals surface area contributed by atoms with Crippen molar-refractivity contribution in [1.29, 1.82) is 0 Å². The van der Waals surface area contributed by atoms with E-state index in [2.05, 4.69) is 21.7 Å². The summed E-state index contributed by atoms with van der Waals surface area (Å²) in [6.07, 6.45) is 2.50. The van der Waals surface area contributed by atoms with E-state index in [0.29, 0.717) is 23.4 Å². The first-order valence-electron chi connectivity index (χ1n) is 10.5. The molecule has 164 valence electrons. The molecule has 1 N–H and O–H groups in total. The minimum absolute atomic E-state index is 0.127. The van der Waals surface area contributed by atoms with Crippen molar-refractivity contribution in [3.05, 3.63) is 100 Å². The van der Waals surface area contributed by atoms with E-state index in [1.54, 1.807) is 59.7 Å². The largest absolute Gasteiger partial charge is 0.322 e. The van der Waals surface area contributed by atoms with Gasteiger partial charge in [-0.3, -0.25) is 14.6 Å². The van der Waals surface area contributed by atoms with Gasteiger partial charge in [0, 0.05) is 29.6 Å². The van der Waals surface area contributed by atoms with E-state index in [4.69, 9.17) is 0 Å². The summed E-state index contributed by atoms with van der Waals surface area (Å²) in [5.74, 6) is -0.990. The van der Waals surface area contributed by atoms with Crippen LogP contribution in [-0.4, -0.2) is 23.3 Å². The molecule has 2 aromatic heterocycles. The second-order valence-electron chi connectivity index (χ2n) is 7.84. The lowest BCUT2D eigenvalue weighted by Crippen LogP contribution is -2.32. The summed E-state index contributed by atoms with van der Waals surface area (Å²) in [4.78, 5) is 33.4. The van der Waals surface area contributed by atoms with Gasteiger partial charge in [0.15, 0.2) is 0 Å². The predicted octanol–water partition coefficient (Wildman–Crippen LogP) is 5.71. The predicted molar refractivity (Wildman–Crippen MR) is 128 cm³/mol. The molecule has 0 spiro atoms. The van der Waals surface area contributed by atoms with Gasteiger partial charge in [0.2, 0.25) is 0 Å². The molecule has 0 aliphatic carbocycles. The Balaban J connectivity index is 1.37. The molecule has 0 saturated carbocycles. The maximum Gasteiger partial charge on any atom is 0.258 e. The minimum atomic E-state index is -0.465. The second-order valence-corrected chi connectivity index (χ2v) is 8.76. The number of aryl methyl sites for hydroxylation is 1. The third-order valence-electron chi connectivity index (χ3n) is 5.72. The Morgan fingerprint density at radius 3 is 2.73 bits per heavy atom. The Morgan fingerprint density at radius 2 is 1.91 bits per heavy atom. The molecule has 0 fully saturated rings. The number of nitrogens with one attached hydrogen (secondary N) is 1. The first-order chi connectivity index (χ1) is 16.0. The van der Waals surface area contributed by atoms with Gasteiger partial charge in [0.05, 0.1) is 10.6 Å². The fourth-order valence-electron chi connectivity index (χ4n) is 3.98.